The van der Waals surface area contributed by atoms with Gasteiger partial charge in [0.05, 0.1) is 0 Å². The highest BCUT2D eigenvalue weighted by Gasteiger charge is 2.20. The second-order valence-electron chi connectivity index (χ2n) is 14.7. The number of ether oxygens (including phenoxy) is 4. The van der Waals surface area contributed by atoms with Crippen molar-refractivity contribution in [3.05, 3.63) is 95.1 Å². The van der Waals surface area contributed by atoms with Gasteiger partial charge in [-0.25, -0.2) is 39.9 Å². The molecule has 0 radical (unpaired) electrons. The first-order valence-electron chi connectivity index (χ1n) is 21.0. The van der Waals surface area contributed by atoms with Crippen molar-refractivity contribution in [1.82, 2.24) is 39.9 Å². The fourth-order valence-corrected chi connectivity index (χ4v) is 6.05. The lowest BCUT2D eigenvalue weighted by atomic mass is 10.1. The van der Waals surface area contributed by atoms with Gasteiger partial charge < -0.3 is 18.9 Å². The Bertz CT molecular complexity index is 2080. The summed E-state index contributed by atoms with van der Waals surface area (Å²) in [4.78, 5) is 34.1. The number of aryl methyl sites for hydroxylation is 4. The molecule has 8 heterocycles. The second-order valence-corrected chi connectivity index (χ2v) is 16.3. The van der Waals surface area contributed by atoms with Crippen LogP contribution in [0.5, 0.6) is 0 Å². The molecule has 24 nitrogen and oxygen atoms in total. The van der Waals surface area contributed by atoms with Crippen LogP contribution in [0.4, 0.5) is 0 Å². The molecule has 28 heteroatoms. The van der Waals surface area contributed by atoms with Gasteiger partial charge in [-0.2, -0.15) is 0 Å². The molecule has 4 aliphatic rings. The fraction of sp³-hybridized carbons (Fsp3) is 0.600. The minimum Gasteiger partial charge on any atom is -0.370 e. The van der Waals surface area contributed by atoms with Crippen molar-refractivity contribution < 1.29 is 69.5 Å². The maximum Gasteiger partial charge on any atom is 0.425 e. The third-order valence-electron chi connectivity index (χ3n) is 9.07. The first-order chi connectivity index (χ1) is 32.4. The summed E-state index contributed by atoms with van der Waals surface area (Å²) >= 11 is 0. The predicted octanol–water partition coefficient (Wildman–Crippen LogP) is 4.09. The lowest BCUT2D eigenvalue weighted by molar-refractivity contribution is 0.00933. The highest BCUT2D eigenvalue weighted by molar-refractivity contribution is 7.59. The summed E-state index contributed by atoms with van der Waals surface area (Å²) in [5.74, 6) is 3.35. The molecule has 4 aromatic heterocycles. The molecule has 0 bridgehead atoms. The summed E-state index contributed by atoms with van der Waals surface area (Å²) in [6.07, 6.45) is 29.1. The van der Waals surface area contributed by atoms with E-state index in [2.05, 4.69) is 39.9 Å². The molecule has 4 saturated heterocycles. The number of rotatable bonds is 4. The van der Waals surface area contributed by atoms with Gasteiger partial charge in [-0.3, -0.25) is 0 Å². The summed E-state index contributed by atoms with van der Waals surface area (Å²) in [5, 5.41) is 0. The maximum atomic E-state index is 8.44. The van der Waals surface area contributed by atoms with E-state index < -0.39 is 42.4 Å². The van der Waals surface area contributed by atoms with E-state index in [0.29, 0.717) is 0 Å². The average molecular weight is 1030 g/mol. The van der Waals surface area contributed by atoms with Crippen LogP contribution in [0, 0.1) is 27.7 Å². The van der Waals surface area contributed by atoms with Crippen LogP contribution in [-0.2, 0) is 61.4 Å². The van der Waals surface area contributed by atoms with Gasteiger partial charge in [0.25, 0.3) is 0 Å². The summed E-state index contributed by atoms with van der Waals surface area (Å²) in [6, 6.07) is 0. The van der Waals surface area contributed by atoms with Crippen molar-refractivity contribution >= 4 is 42.4 Å². The van der Waals surface area contributed by atoms with Gasteiger partial charge in [0, 0.05) is 76.0 Å². The Morgan fingerprint density at radius 1 is 0.309 bits per heavy atom. The smallest absolute Gasteiger partial charge is 0.370 e. The zero-order valence-corrected chi connectivity index (χ0v) is 41.3. The number of nitrogens with zero attached hydrogens (tertiary/aromatic N) is 8. The van der Waals surface area contributed by atoms with E-state index in [-0.39, 0.29) is 24.4 Å². The molecule has 0 spiro atoms. The Morgan fingerprint density at radius 3 is 0.574 bits per heavy atom. The van der Waals surface area contributed by atoms with Gasteiger partial charge in [0.1, 0.15) is 24.4 Å². The van der Waals surface area contributed by atoms with E-state index in [1.165, 1.54) is 51.4 Å². The molecule has 0 N–H and O–H groups in total. The van der Waals surface area contributed by atoms with E-state index in [1.54, 1.807) is 0 Å². The normalized spacial score (nSPS) is 19.0. The molecule has 0 aliphatic carbocycles. The SMILES string of the molecule is Cc1cnc([C@@H]2CCCCO2)nc1.Cc1cnc([C@@H]2CCCCO2)nc1.Cc1cnc([C@H]2CCCCO2)nc1.Cc1cnc([C@H]2CCCCO2)nc1.O=S(=O)=O.O=S(=O)=O.O=S(=O)=O.O=S(=O)=O. The summed E-state index contributed by atoms with van der Waals surface area (Å²) in [5.41, 5.74) is 4.39. The minimum atomic E-state index is -3.11. The van der Waals surface area contributed by atoms with E-state index in [1.807, 2.05) is 77.3 Å². The predicted molar refractivity (Wildman–Crippen MR) is 236 cm³/mol. The molecular weight excluding hydrogens is 977 g/mol. The van der Waals surface area contributed by atoms with Crippen molar-refractivity contribution in [3.8, 4) is 0 Å². The Hall–Kier alpha value is -5.36. The van der Waals surface area contributed by atoms with Crippen LogP contribution >= 0.6 is 0 Å². The lowest BCUT2D eigenvalue weighted by Gasteiger charge is -2.20. The van der Waals surface area contributed by atoms with Crippen LogP contribution in [0.25, 0.3) is 0 Å². The van der Waals surface area contributed by atoms with Crippen LogP contribution in [0.2, 0.25) is 0 Å². The Balaban J connectivity index is 0.000000410. The lowest BCUT2D eigenvalue weighted by Crippen LogP contribution is -2.14. The molecule has 0 aromatic carbocycles. The van der Waals surface area contributed by atoms with Crippen molar-refractivity contribution in [3.63, 3.8) is 0 Å². The summed E-state index contributed by atoms with van der Waals surface area (Å²) in [6.45, 7) is 11.4. The Morgan fingerprint density at radius 2 is 0.456 bits per heavy atom. The average Bonchev–Trinajstić information content (AvgIpc) is 3.31. The quantitative estimate of drug-likeness (QED) is 0.278. The molecule has 0 unspecified atom stereocenters. The van der Waals surface area contributed by atoms with Gasteiger partial charge in [-0.05, 0) is 127 Å². The molecule has 0 saturated carbocycles. The molecule has 68 heavy (non-hydrogen) atoms. The molecule has 0 amide bonds. The van der Waals surface area contributed by atoms with Gasteiger partial charge in [0.2, 0.25) is 0 Å². The highest BCUT2D eigenvalue weighted by Crippen LogP contribution is 2.27. The minimum absolute atomic E-state index is 0.134. The standard InChI is InChI=1S/4C10H14N2O.4O3S/c4*1-8-6-11-10(12-7-8)9-4-2-3-5-13-9;4*1-4(2)3/h4*6-7,9H,2-5H2,1H3;;;;/t4*9-;;;;/m1100..../s1. The van der Waals surface area contributed by atoms with Gasteiger partial charge >= 0.3 is 42.4 Å². The highest BCUT2D eigenvalue weighted by atomic mass is 32.2. The molecular formula is C40H56N8O16S4. The zero-order chi connectivity index (χ0) is 50.7. The van der Waals surface area contributed by atoms with E-state index in [4.69, 9.17) is 69.5 Å². The maximum absolute atomic E-state index is 8.44. The van der Waals surface area contributed by atoms with Gasteiger partial charge in [-0.15, -0.1) is 50.5 Å². The third kappa shape index (κ3) is 31.6. The van der Waals surface area contributed by atoms with Gasteiger partial charge in [0.15, 0.2) is 23.3 Å². The monoisotopic (exact) mass is 1030 g/mol. The molecule has 8 rings (SSSR count). The zero-order valence-electron chi connectivity index (χ0n) is 38.0. The van der Waals surface area contributed by atoms with Crippen LogP contribution < -0.4 is 0 Å². The molecule has 4 atom stereocenters. The van der Waals surface area contributed by atoms with Crippen LogP contribution in [0.3, 0.4) is 0 Å². The molecule has 4 aliphatic heterocycles. The molecule has 4 aromatic rings. The third-order valence-corrected chi connectivity index (χ3v) is 9.07. The van der Waals surface area contributed by atoms with Crippen molar-refractivity contribution in [1.29, 1.82) is 0 Å². The Kier molecular flexibility index (Phi) is 32.7. The number of aromatic nitrogens is 8. The number of hydrogen-bond donors (Lipinski definition) is 0. The first kappa shape index (κ1) is 60.7. The summed E-state index contributed by atoms with van der Waals surface area (Å²) < 4.78 is 124. The van der Waals surface area contributed by atoms with Gasteiger partial charge in [-0.1, -0.05) is 0 Å². The van der Waals surface area contributed by atoms with Crippen LogP contribution in [0.1, 0.15) is 147 Å². The van der Waals surface area contributed by atoms with Crippen molar-refractivity contribution in [2.24, 2.45) is 0 Å². The van der Waals surface area contributed by atoms with E-state index in [0.717, 1.165) is 97.7 Å². The van der Waals surface area contributed by atoms with E-state index >= 15 is 0 Å². The fourth-order valence-electron chi connectivity index (χ4n) is 6.05. The Labute approximate surface area is 400 Å². The summed E-state index contributed by atoms with van der Waals surface area (Å²) in [7, 11) is -12.4. The van der Waals surface area contributed by atoms with E-state index in [9.17, 15) is 0 Å². The largest absolute Gasteiger partial charge is 0.425 e. The van der Waals surface area contributed by atoms with Crippen LogP contribution in [-0.4, -0.2) is 117 Å². The van der Waals surface area contributed by atoms with Crippen molar-refractivity contribution in [2.75, 3.05) is 26.4 Å². The molecule has 4 fully saturated rings. The van der Waals surface area contributed by atoms with Crippen LogP contribution in [0.15, 0.2) is 49.6 Å². The molecule has 376 valence electrons. The first-order valence-corrected chi connectivity index (χ1v) is 25.0. The van der Waals surface area contributed by atoms with Crippen molar-refractivity contribution in [2.45, 2.75) is 129 Å². The topological polar surface area (TPSA) is 345 Å². The number of hydrogen-bond acceptors (Lipinski definition) is 24. The second kappa shape index (κ2) is 36.7.